The van der Waals surface area contributed by atoms with Crippen LogP contribution >= 0.6 is 0 Å². The minimum Gasteiger partial charge on any atom is -0.497 e. The van der Waals surface area contributed by atoms with Gasteiger partial charge in [-0.1, -0.05) is 12.1 Å². The molecule has 0 radical (unpaired) electrons. The second kappa shape index (κ2) is 5.07. The van der Waals surface area contributed by atoms with Crippen molar-refractivity contribution >= 4 is 0 Å². The van der Waals surface area contributed by atoms with Gasteiger partial charge in [-0.25, -0.2) is 0 Å². The summed E-state index contributed by atoms with van der Waals surface area (Å²) in [6.07, 6.45) is 2.03. The van der Waals surface area contributed by atoms with Gasteiger partial charge in [0.15, 0.2) is 5.79 Å². The van der Waals surface area contributed by atoms with Gasteiger partial charge in [-0.15, -0.1) is 0 Å². The van der Waals surface area contributed by atoms with Crippen molar-refractivity contribution in [1.29, 1.82) is 0 Å². The molecule has 0 aromatic heterocycles. The Hall–Kier alpha value is -1.06. The van der Waals surface area contributed by atoms with Crippen molar-refractivity contribution in [3.8, 4) is 5.75 Å². The highest BCUT2D eigenvalue weighted by Gasteiger charge is 2.34. The normalized spacial score (nSPS) is 28.3. The van der Waals surface area contributed by atoms with Gasteiger partial charge in [0, 0.05) is 6.42 Å². The van der Waals surface area contributed by atoms with Gasteiger partial charge in [0.1, 0.15) is 5.75 Å². The summed E-state index contributed by atoms with van der Waals surface area (Å²) >= 11 is 0. The largest absolute Gasteiger partial charge is 0.497 e. The number of hydrogen-bond donors (Lipinski definition) is 0. The Bertz CT molecular complexity index is 360. The third-order valence-electron chi connectivity index (χ3n) is 3.10. The van der Waals surface area contributed by atoms with Crippen molar-refractivity contribution in [2.75, 3.05) is 13.7 Å². The Balaban J connectivity index is 1.89. The predicted molar refractivity (Wildman–Crippen MR) is 66.2 cm³/mol. The van der Waals surface area contributed by atoms with E-state index in [9.17, 15) is 0 Å². The van der Waals surface area contributed by atoms with Crippen molar-refractivity contribution in [3.05, 3.63) is 29.8 Å². The van der Waals surface area contributed by atoms with Crippen molar-refractivity contribution < 1.29 is 14.2 Å². The Kier molecular flexibility index (Phi) is 3.69. The summed E-state index contributed by atoms with van der Waals surface area (Å²) in [5.41, 5.74) is 1.28. The lowest BCUT2D eigenvalue weighted by molar-refractivity contribution is -0.155. The lowest BCUT2D eigenvalue weighted by Gasteiger charge is -2.22. The summed E-state index contributed by atoms with van der Waals surface area (Å²) in [6.45, 7) is 4.75. The highest BCUT2D eigenvalue weighted by atomic mass is 16.7. The van der Waals surface area contributed by atoms with Crippen LogP contribution in [0.15, 0.2) is 24.3 Å². The molecule has 1 saturated heterocycles. The van der Waals surface area contributed by atoms with Gasteiger partial charge in [-0.05, 0) is 38.0 Å². The summed E-state index contributed by atoms with van der Waals surface area (Å²) in [7, 11) is 1.68. The highest BCUT2D eigenvalue weighted by molar-refractivity contribution is 5.27. The van der Waals surface area contributed by atoms with Crippen LogP contribution in [-0.4, -0.2) is 25.6 Å². The maximum absolute atomic E-state index is 5.77. The number of benzene rings is 1. The van der Waals surface area contributed by atoms with Crippen LogP contribution in [0.4, 0.5) is 0 Å². The van der Waals surface area contributed by atoms with E-state index < -0.39 is 5.79 Å². The molecule has 2 atom stereocenters. The van der Waals surface area contributed by atoms with Crippen LogP contribution in [0, 0.1) is 0 Å². The topological polar surface area (TPSA) is 27.7 Å². The van der Waals surface area contributed by atoms with Gasteiger partial charge >= 0.3 is 0 Å². The van der Waals surface area contributed by atoms with Gasteiger partial charge in [0.25, 0.3) is 0 Å². The van der Waals surface area contributed by atoms with Crippen LogP contribution in [0.25, 0.3) is 0 Å². The molecule has 94 valence electrons. The van der Waals surface area contributed by atoms with E-state index in [0.717, 1.165) is 18.6 Å². The standard InChI is InChI=1S/C14H20O3/c1-11-10-16-14(2,17-11)9-8-12-4-6-13(15-3)7-5-12/h4-7,11H,8-10H2,1-3H3/t11-,14+/m0/s1. The zero-order chi connectivity index (χ0) is 12.3. The second-order valence-electron chi connectivity index (χ2n) is 4.72. The smallest absolute Gasteiger partial charge is 0.166 e. The zero-order valence-electron chi connectivity index (χ0n) is 10.7. The fraction of sp³-hybridized carbons (Fsp3) is 0.571. The van der Waals surface area contributed by atoms with E-state index >= 15 is 0 Å². The SMILES string of the molecule is COc1ccc(CC[C@]2(C)OC[C@H](C)O2)cc1. The van der Waals surface area contributed by atoms with E-state index in [2.05, 4.69) is 12.1 Å². The molecule has 0 aliphatic carbocycles. The molecule has 1 heterocycles. The van der Waals surface area contributed by atoms with Crippen LogP contribution in [0.1, 0.15) is 25.8 Å². The zero-order valence-corrected chi connectivity index (χ0v) is 10.7. The van der Waals surface area contributed by atoms with E-state index in [1.807, 2.05) is 26.0 Å². The maximum atomic E-state index is 5.77. The summed E-state index contributed by atoms with van der Waals surface area (Å²) in [5.74, 6) is 0.473. The Morgan fingerprint density at radius 1 is 1.35 bits per heavy atom. The second-order valence-corrected chi connectivity index (χ2v) is 4.72. The van der Waals surface area contributed by atoms with Crippen molar-refractivity contribution in [3.63, 3.8) is 0 Å². The fourth-order valence-electron chi connectivity index (χ4n) is 2.08. The first-order chi connectivity index (χ1) is 8.11. The van der Waals surface area contributed by atoms with Crippen molar-refractivity contribution in [2.45, 2.75) is 38.6 Å². The van der Waals surface area contributed by atoms with Crippen LogP contribution in [0.2, 0.25) is 0 Å². The number of rotatable bonds is 4. The molecule has 3 heteroatoms. The third-order valence-corrected chi connectivity index (χ3v) is 3.10. The maximum Gasteiger partial charge on any atom is 0.166 e. The van der Waals surface area contributed by atoms with Gasteiger partial charge in [0.2, 0.25) is 0 Å². The monoisotopic (exact) mass is 236 g/mol. The number of methoxy groups -OCH3 is 1. The summed E-state index contributed by atoms with van der Waals surface area (Å²) in [5, 5.41) is 0. The average molecular weight is 236 g/mol. The first-order valence-electron chi connectivity index (χ1n) is 6.06. The van der Waals surface area contributed by atoms with E-state index in [1.165, 1.54) is 5.56 Å². The van der Waals surface area contributed by atoms with Crippen LogP contribution < -0.4 is 4.74 Å². The molecule has 0 amide bonds. The molecule has 0 saturated carbocycles. The van der Waals surface area contributed by atoms with E-state index in [4.69, 9.17) is 14.2 Å². The molecule has 1 aromatic carbocycles. The van der Waals surface area contributed by atoms with E-state index in [1.54, 1.807) is 7.11 Å². The average Bonchev–Trinajstić information content (AvgIpc) is 2.68. The lowest BCUT2D eigenvalue weighted by atomic mass is 10.1. The van der Waals surface area contributed by atoms with Gasteiger partial charge in [0.05, 0.1) is 19.8 Å². The molecular formula is C14H20O3. The molecule has 1 aliphatic rings. The number of aryl methyl sites for hydroxylation is 1. The summed E-state index contributed by atoms with van der Waals surface area (Å²) < 4.78 is 16.6. The quantitative estimate of drug-likeness (QED) is 0.804. The Morgan fingerprint density at radius 2 is 2.06 bits per heavy atom. The van der Waals surface area contributed by atoms with Crippen LogP contribution in [-0.2, 0) is 15.9 Å². The van der Waals surface area contributed by atoms with Crippen LogP contribution in [0.5, 0.6) is 5.75 Å². The first kappa shape index (κ1) is 12.4. The molecule has 3 nitrogen and oxygen atoms in total. The molecule has 0 spiro atoms. The molecule has 0 N–H and O–H groups in total. The molecular weight excluding hydrogens is 216 g/mol. The lowest BCUT2D eigenvalue weighted by Crippen LogP contribution is -2.26. The van der Waals surface area contributed by atoms with Crippen molar-refractivity contribution in [1.82, 2.24) is 0 Å². The van der Waals surface area contributed by atoms with Crippen molar-refractivity contribution in [2.24, 2.45) is 0 Å². The Morgan fingerprint density at radius 3 is 2.59 bits per heavy atom. The molecule has 0 unspecified atom stereocenters. The predicted octanol–water partition coefficient (Wildman–Crippen LogP) is 2.78. The first-order valence-corrected chi connectivity index (χ1v) is 6.06. The number of hydrogen-bond acceptors (Lipinski definition) is 3. The molecule has 0 bridgehead atoms. The molecule has 1 aliphatic heterocycles. The van der Waals surface area contributed by atoms with Gasteiger partial charge < -0.3 is 14.2 Å². The summed E-state index contributed by atoms with van der Waals surface area (Å²) in [6, 6.07) is 8.13. The fourth-order valence-corrected chi connectivity index (χ4v) is 2.08. The van der Waals surface area contributed by atoms with Crippen LogP contribution in [0.3, 0.4) is 0 Å². The Labute approximate surface area is 103 Å². The highest BCUT2D eigenvalue weighted by Crippen LogP contribution is 2.28. The van der Waals surface area contributed by atoms with Gasteiger partial charge in [-0.2, -0.15) is 0 Å². The van der Waals surface area contributed by atoms with Gasteiger partial charge in [-0.3, -0.25) is 0 Å². The molecule has 1 aromatic rings. The summed E-state index contributed by atoms with van der Waals surface area (Å²) in [4.78, 5) is 0. The molecule has 1 fully saturated rings. The minimum atomic E-state index is -0.417. The van der Waals surface area contributed by atoms with E-state index in [0.29, 0.717) is 6.61 Å². The third kappa shape index (κ3) is 3.20. The molecule has 2 rings (SSSR count). The minimum absolute atomic E-state index is 0.205. The molecule has 17 heavy (non-hydrogen) atoms. The number of ether oxygens (including phenoxy) is 3. The van der Waals surface area contributed by atoms with E-state index in [-0.39, 0.29) is 6.10 Å².